The fraction of sp³-hybridized carbons (Fsp3) is 0.455. The first-order chi connectivity index (χ1) is 8.00. The first-order valence-electron chi connectivity index (χ1n) is 5.32. The molecule has 0 spiro atoms. The Balaban J connectivity index is 2.23. The highest BCUT2D eigenvalue weighted by Gasteiger charge is 2.10. The molecule has 17 heavy (non-hydrogen) atoms. The second-order valence-electron chi connectivity index (χ2n) is 3.81. The molecule has 0 bridgehead atoms. The number of amides is 2. The summed E-state index contributed by atoms with van der Waals surface area (Å²) in [5.74, 6) is -0.131. The molecular weight excluding hydrogens is 288 g/mol. The summed E-state index contributed by atoms with van der Waals surface area (Å²) >= 11 is 3.11. The third-order valence-electron chi connectivity index (χ3n) is 2.03. The molecule has 94 valence electrons. The van der Waals surface area contributed by atoms with Crippen LogP contribution in [-0.4, -0.2) is 24.9 Å². The Kier molecular flexibility index (Phi) is 5.21. The molecule has 0 unspecified atom stereocenters. The first kappa shape index (κ1) is 13.8. The Hall–Kier alpha value is -1.30. The van der Waals surface area contributed by atoms with Crippen LogP contribution in [0, 0.1) is 5.92 Å². The smallest absolute Gasteiger partial charge is 0.287 e. The van der Waals surface area contributed by atoms with Gasteiger partial charge in [-0.1, -0.05) is 13.8 Å². The summed E-state index contributed by atoms with van der Waals surface area (Å²) in [4.78, 5) is 22.7. The molecule has 0 aromatic carbocycles. The van der Waals surface area contributed by atoms with Gasteiger partial charge in [0.25, 0.3) is 5.91 Å². The van der Waals surface area contributed by atoms with E-state index in [1.54, 1.807) is 12.1 Å². The van der Waals surface area contributed by atoms with Gasteiger partial charge in [0, 0.05) is 19.0 Å². The molecule has 0 aliphatic heterocycles. The van der Waals surface area contributed by atoms with E-state index in [2.05, 4.69) is 26.6 Å². The van der Waals surface area contributed by atoms with Crippen LogP contribution in [0.5, 0.6) is 0 Å². The average Bonchev–Trinajstić information content (AvgIpc) is 2.70. The van der Waals surface area contributed by atoms with Gasteiger partial charge < -0.3 is 15.1 Å². The SMILES string of the molecule is CC(C)C(=O)NCCNC(=O)c1ccc(Br)o1. The molecule has 1 aromatic rings. The summed E-state index contributed by atoms with van der Waals surface area (Å²) in [6.45, 7) is 4.41. The zero-order valence-corrected chi connectivity index (χ0v) is 11.3. The fourth-order valence-corrected chi connectivity index (χ4v) is 1.40. The number of carbonyl (C=O) groups is 2. The molecule has 0 fully saturated rings. The molecule has 6 heteroatoms. The monoisotopic (exact) mass is 302 g/mol. The summed E-state index contributed by atoms with van der Waals surface area (Å²) in [7, 11) is 0. The third kappa shape index (κ3) is 4.60. The summed E-state index contributed by atoms with van der Waals surface area (Å²) in [6.07, 6.45) is 0. The van der Waals surface area contributed by atoms with E-state index in [0.29, 0.717) is 17.8 Å². The van der Waals surface area contributed by atoms with E-state index in [1.165, 1.54) is 0 Å². The van der Waals surface area contributed by atoms with Crippen LogP contribution in [0.3, 0.4) is 0 Å². The highest BCUT2D eigenvalue weighted by Crippen LogP contribution is 2.13. The summed E-state index contributed by atoms with van der Waals surface area (Å²) < 4.78 is 5.59. The molecule has 1 heterocycles. The van der Waals surface area contributed by atoms with Crippen LogP contribution < -0.4 is 10.6 Å². The largest absolute Gasteiger partial charge is 0.444 e. The van der Waals surface area contributed by atoms with Crippen molar-refractivity contribution in [3.63, 3.8) is 0 Å². The molecule has 0 radical (unpaired) electrons. The third-order valence-corrected chi connectivity index (χ3v) is 2.46. The molecule has 5 nitrogen and oxygen atoms in total. The number of carbonyl (C=O) groups excluding carboxylic acids is 2. The van der Waals surface area contributed by atoms with E-state index in [1.807, 2.05) is 13.8 Å². The normalized spacial score (nSPS) is 10.4. The molecule has 1 rings (SSSR count). The highest BCUT2D eigenvalue weighted by molar-refractivity contribution is 9.10. The van der Waals surface area contributed by atoms with Crippen LogP contribution in [0.25, 0.3) is 0 Å². The Morgan fingerprint density at radius 3 is 2.47 bits per heavy atom. The van der Waals surface area contributed by atoms with Gasteiger partial charge in [0.1, 0.15) is 0 Å². The quantitative estimate of drug-likeness (QED) is 0.811. The number of halogens is 1. The second-order valence-corrected chi connectivity index (χ2v) is 4.59. The van der Waals surface area contributed by atoms with Crippen molar-refractivity contribution in [3.8, 4) is 0 Å². The predicted molar refractivity (Wildman–Crippen MR) is 66.6 cm³/mol. The minimum absolute atomic E-state index is 0.0278. The lowest BCUT2D eigenvalue weighted by molar-refractivity contribution is -0.123. The molecule has 0 saturated heterocycles. The molecular formula is C11H15BrN2O3. The van der Waals surface area contributed by atoms with Crippen LogP contribution in [0.4, 0.5) is 0 Å². The highest BCUT2D eigenvalue weighted by atomic mass is 79.9. The van der Waals surface area contributed by atoms with Crippen LogP contribution in [0.15, 0.2) is 21.2 Å². The fourth-order valence-electron chi connectivity index (χ4n) is 1.09. The molecule has 0 atom stereocenters. The summed E-state index contributed by atoms with van der Waals surface area (Å²) in [6, 6.07) is 3.22. The van der Waals surface area contributed by atoms with Crippen molar-refractivity contribution in [2.45, 2.75) is 13.8 Å². The number of rotatable bonds is 5. The van der Waals surface area contributed by atoms with Gasteiger partial charge in [0.05, 0.1) is 0 Å². The predicted octanol–water partition coefficient (Wildman–Crippen LogP) is 1.54. The second kappa shape index (κ2) is 6.44. The van der Waals surface area contributed by atoms with E-state index in [9.17, 15) is 9.59 Å². The van der Waals surface area contributed by atoms with Gasteiger partial charge in [-0.25, -0.2) is 0 Å². The zero-order valence-electron chi connectivity index (χ0n) is 9.75. The van der Waals surface area contributed by atoms with Gasteiger partial charge in [0.15, 0.2) is 10.4 Å². The molecule has 2 N–H and O–H groups in total. The maximum absolute atomic E-state index is 11.5. The van der Waals surface area contributed by atoms with Crippen molar-refractivity contribution in [1.29, 1.82) is 0 Å². The Bertz CT molecular complexity index is 401. The topological polar surface area (TPSA) is 71.3 Å². The number of nitrogens with one attached hydrogen (secondary N) is 2. The maximum Gasteiger partial charge on any atom is 0.287 e. The minimum Gasteiger partial charge on any atom is -0.444 e. The van der Waals surface area contributed by atoms with Crippen molar-refractivity contribution in [2.75, 3.05) is 13.1 Å². The van der Waals surface area contributed by atoms with Crippen molar-refractivity contribution < 1.29 is 14.0 Å². The molecule has 0 aliphatic carbocycles. The van der Waals surface area contributed by atoms with Crippen molar-refractivity contribution in [1.82, 2.24) is 10.6 Å². The summed E-state index contributed by atoms with van der Waals surface area (Å²) in [5, 5.41) is 5.34. The Morgan fingerprint density at radius 2 is 1.94 bits per heavy atom. The van der Waals surface area contributed by atoms with Crippen LogP contribution in [0.2, 0.25) is 0 Å². The molecule has 0 aliphatic rings. The van der Waals surface area contributed by atoms with E-state index in [-0.39, 0.29) is 23.5 Å². The van der Waals surface area contributed by atoms with Gasteiger partial charge >= 0.3 is 0 Å². The lowest BCUT2D eigenvalue weighted by atomic mass is 10.2. The standard InChI is InChI=1S/C11H15BrN2O3/c1-7(2)10(15)13-5-6-14-11(16)8-3-4-9(12)17-8/h3-4,7H,5-6H2,1-2H3,(H,13,15)(H,14,16). The maximum atomic E-state index is 11.5. The minimum atomic E-state index is -0.297. The Labute approximate surface area is 108 Å². The number of hydrogen-bond donors (Lipinski definition) is 2. The van der Waals surface area contributed by atoms with Crippen molar-refractivity contribution in [3.05, 3.63) is 22.6 Å². The van der Waals surface area contributed by atoms with Crippen LogP contribution in [-0.2, 0) is 4.79 Å². The van der Waals surface area contributed by atoms with Gasteiger partial charge in [-0.2, -0.15) is 0 Å². The molecule has 1 aromatic heterocycles. The Morgan fingerprint density at radius 1 is 1.29 bits per heavy atom. The average molecular weight is 303 g/mol. The first-order valence-corrected chi connectivity index (χ1v) is 6.11. The lowest BCUT2D eigenvalue weighted by Gasteiger charge is -2.07. The van der Waals surface area contributed by atoms with E-state index >= 15 is 0 Å². The van der Waals surface area contributed by atoms with E-state index in [0.717, 1.165) is 0 Å². The number of hydrogen-bond acceptors (Lipinski definition) is 3. The van der Waals surface area contributed by atoms with E-state index in [4.69, 9.17) is 4.42 Å². The summed E-state index contributed by atoms with van der Waals surface area (Å²) in [5.41, 5.74) is 0. The van der Waals surface area contributed by atoms with Crippen molar-refractivity contribution in [2.24, 2.45) is 5.92 Å². The lowest BCUT2D eigenvalue weighted by Crippen LogP contribution is -2.36. The van der Waals surface area contributed by atoms with Crippen LogP contribution in [0.1, 0.15) is 24.4 Å². The van der Waals surface area contributed by atoms with Crippen molar-refractivity contribution >= 4 is 27.7 Å². The van der Waals surface area contributed by atoms with Crippen LogP contribution >= 0.6 is 15.9 Å². The molecule has 0 saturated carbocycles. The van der Waals surface area contributed by atoms with Gasteiger partial charge in [-0.3, -0.25) is 9.59 Å². The zero-order chi connectivity index (χ0) is 12.8. The van der Waals surface area contributed by atoms with Gasteiger partial charge in [-0.05, 0) is 28.1 Å². The molecule has 2 amide bonds. The van der Waals surface area contributed by atoms with E-state index < -0.39 is 0 Å². The van der Waals surface area contributed by atoms with Gasteiger partial charge in [-0.15, -0.1) is 0 Å². The number of furan rings is 1. The van der Waals surface area contributed by atoms with Gasteiger partial charge in [0.2, 0.25) is 5.91 Å².